The lowest BCUT2D eigenvalue weighted by molar-refractivity contribution is -0.142. The molecule has 2 aromatic rings. The summed E-state index contributed by atoms with van der Waals surface area (Å²) in [6.07, 6.45) is -0.129. The summed E-state index contributed by atoms with van der Waals surface area (Å²) >= 11 is 3.33. The highest BCUT2D eigenvalue weighted by molar-refractivity contribution is 9.10. The monoisotopic (exact) mass is 429 g/mol. The average molecular weight is 430 g/mol. The molecule has 0 radical (unpaired) electrons. The van der Waals surface area contributed by atoms with Crippen LogP contribution >= 0.6 is 15.9 Å². The molecule has 0 aliphatic carbocycles. The fourth-order valence-electron chi connectivity index (χ4n) is 2.30. The lowest BCUT2D eigenvalue weighted by Gasteiger charge is -2.18. The highest BCUT2D eigenvalue weighted by Gasteiger charge is 2.23. The van der Waals surface area contributed by atoms with Crippen molar-refractivity contribution in [3.63, 3.8) is 0 Å². The predicted octanol–water partition coefficient (Wildman–Crippen LogP) is 2.68. The quantitative estimate of drug-likeness (QED) is 0.560. The van der Waals surface area contributed by atoms with Gasteiger partial charge in [0, 0.05) is 10.2 Å². The Balaban J connectivity index is 2.13. The van der Waals surface area contributed by atoms with E-state index >= 15 is 0 Å². The Bertz CT molecular complexity index is 908. The van der Waals surface area contributed by atoms with Crippen LogP contribution < -0.4 is 10.6 Å². The van der Waals surface area contributed by atoms with Gasteiger partial charge in [-0.15, -0.1) is 0 Å². The first kappa shape index (κ1) is 20.1. The number of benzene rings is 2. The van der Waals surface area contributed by atoms with Crippen LogP contribution in [0.15, 0.2) is 53.0 Å². The smallest absolute Gasteiger partial charge is 0.313 e. The van der Waals surface area contributed by atoms with Gasteiger partial charge < -0.3 is 15.4 Å². The lowest BCUT2D eigenvalue weighted by Crippen LogP contribution is -2.38. The lowest BCUT2D eigenvalue weighted by atomic mass is 10.0. The molecule has 7 nitrogen and oxygen atoms in total. The standard InChI is InChI=1S/C19H16BrN3O4/c1-27-17(24)10-16(13-5-3-6-14(20)9-13)23-19(26)18(25)22-15-7-2-4-12(8-15)11-21/h2-9,16H,10H2,1H3,(H,22,25)(H,23,26). The maximum absolute atomic E-state index is 12.3. The predicted molar refractivity (Wildman–Crippen MR) is 101 cm³/mol. The van der Waals surface area contributed by atoms with E-state index in [-0.39, 0.29) is 6.42 Å². The first-order valence-electron chi connectivity index (χ1n) is 7.87. The molecule has 8 heteroatoms. The van der Waals surface area contributed by atoms with Crippen molar-refractivity contribution >= 4 is 39.4 Å². The summed E-state index contributed by atoms with van der Waals surface area (Å²) in [4.78, 5) is 36.1. The summed E-state index contributed by atoms with van der Waals surface area (Å²) in [6, 6.07) is 14.4. The summed E-state index contributed by atoms with van der Waals surface area (Å²) in [5.74, 6) is -2.34. The Morgan fingerprint density at radius 1 is 1.15 bits per heavy atom. The topological polar surface area (TPSA) is 108 Å². The molecule has 0 aliphatic rings. The van der Waals surface area contributed by atoms with Crippen LogP contribution in [0.2, 0.25) is 0 Å². The maximum Gasteiger partial charge on any atom is 0.313 e. The normalized spacial score (nSPS) is 11.0. The highest BCUT2D eigenvalue weighted by atomic mass is 79.9. The minimum Gasteiger partial charge on any atom is -0.469 e. The van der Waals surface area contributed by atoms with Crippen LogP contribution in [0.3, 0.4) is 0 Å². The van der Waals surface area contributed by atoms with Crippen molar-refractivity contribution in [3.05, 3.63) is 64.1 Å². The highest BCUT2D eigenvalue weighted by Crippen LogP contribution is 2.21. The van der Waals surface area contributed by atoms with Gasteiger partial charge in [-0.25, -0.2) is 0 Å². The zero-order chi connectivity index (χ0) is 19.8. The van der Waals surface area contributed by atoms with E-state index in [1.165, 1.54) is 13.2 Å². The number of amides is 2. The SMILES string of the molecule is COC(=O)CC(NC(=O)C(=O)Nc1cccc(C#N)c1)c1cccc(Br)c1. The van der Waals surface area contributed by atoms with Crippen LogP contribution in [0.25, 0.3) is 0 Å². The Morgan fingerprint density at radius 2 is 1.89 bits per heavy atom. The van der Waals surface area contributed by atoms with Crippen molar-refractivity contribution in [2.24, 2.45) is 0 Å². The molecule has 0 aromatic heterocycles. The number of halogens is 1. The van der Waals surface area contributed by atoms with Gasteiger partial charge >= 0.3 is 17.8 Å². The summed E-state index contributed by atoms with van der Waals surface area (Å²) in [5, 5.41) is 13.9. The van der Waals surface area contributed by atoms with Gasteiger partial charge in [0.2, 0.25) is 0 Å². The van der Waals surface area contributed by atoms with Crippen molar-refractivity contribution in [3.8, 4) is 6.07 Å². The van der Waals surface area contributed by atoms with E-state index in [4.69, 9.17) is 5.26 Å². The number of hydrogen-bond acceptors (Lipinski definition) is 5. The number of nitrogens with one attached hydrogen (secondary N) is 2. The van der Waals surface area contributed by atoms with Gasteiger partial charge in [-0.3, -0.25) is 14.4 Å². The van der Waals surface area contributed by atoms with Gasteiger partial charge in [-0.05, 0) is 35.9 Å². The molecule has 0 saturated heterocycles. The van der Waals surface area contributed by atoms with Crippen molar-refractivity contribution in [1.82, 2.24) is 5.32 Å². The zero-order valence-electron chi connectivity index (χ0n) is 14.4. The average Bonchev–Trinajstić information content (AvgIpc) is 2.67. The molecule has 0 saturated carbocycles. The van der Waals surface area contributed by atoms with Crippen molar-refractivity contribution in [2.75, 3.05) is 12.4 Å². The van der Waals surface area contributed by atoms with Crippen LogP contribution in [0.4, 0.5) is 5.69 Å². The number of nitrogens with zero attached hydrogens (tertiary/aromatic N) is 1. The van der Waals surface area contributed by atoms with Gasteiger partial charge in [-0.1, -0.05) is 34.1 Å². The Morgan fingerprint density at radius 3 is 2.56 bits per heavy atom. The first-order chi connectivity index (χ1) is 12.9. The fraction of sp³-hybridized carbons (Fsp3) is 0.158. The van der Waals surface area contributed by atoms with E-state index in [0.717, 1.165) is 4.47 Å². The van der Waals surface area contributed by atoms with Crippen LogP contribution in [-0.4, -0.2) is 24.9 Å². The summed E-state index contributed by atoms with van der Waals surface area (Å²) in [5.41, 5.74) is 1.31. The van der Waals surface area contributed by atoms with Crippen molar-refractivity contribution < 1.29 is 19.1 Å². The fourth-order valence-corrected chi connectivity index (χ4v) is 2.72. The molecule has 0 fully saturated rings. The van der Waals surface area contributed by atoms with Gasteiger partial charge in [0.1, 0.15) is 0 Å². The Labute approximate surface area is 164 Å². The number of nitriles is 1. The minimum absolute atomic E-state index is 0.129. The molecule has 0 aliphatic heterocycles. The molecule has 0 spiro atoms. The van der Waals surface area contributed by atoms with E-state index in [2.05, 4.69) is 31.3 Å². The molecule has 138 valence electrons. The third-order valence-electron chi connectivity index (χ3n) is 3.61. The summed E-state index contributed by atoms with van der Waals surface area (Å²) in [7, 11) is 1.25. The first-order valence-corrected chi connectivity index (χ1v) is 8.66. The second-order valence-corrected chi connectivity index (χ2v) is 6.42. The molecule has 0 heterocycles. The number of rotatable bonds is 5. The molecule has 2 aromatic carbocycles. The van der Waals surface area contributed by atoms with Crippen LogP contribution in [0.1, 0.15) is 23.6 Å². The molecule has 2 rings (SSSR count). The van der Waals surface area contributed by atoms with E-state index in [9.17, 15) is 14.4 Å². The van der Waals surface area contributed by atoms with E-state index in [0.29, 0.717) is 16.8 Å². The van der Waals surface area contributed by atoms with Crippen LogP contribution in [0.5, 0.6) is 0 Å². The van der Waals surface area contributed by atoms with Gasteiger partial charge in [0.05, 0.1) is 31.2 Å². The molecule has 27 heavy (non-hydrogen) atoms. The molecule has 0 bridgehead atoms. The molecular formula is C19H16BrN3O4. The van der Waals surface area contributed by atoms with Crippen LogP contribution in [0, 0.1) is 11.3 Å². The van der Waals surface area contributed by atoms with Gasteiger partial charge in [0.25, 0.3) is 0 Å². The number of ether oxygens (including phenoxy) is 1. The van der Waals surface area contributed by atoms with Gasteiger partial charge in [-0.2, -0.15) is 5.26 Å². The minimum atomic E-state index is -0.911. The summed E-state index contributed by atoms with van der Waals surface area (Å²) < 4.78 is 5.43. The molecule has 1 unspecified atom stereocenters. The van der Waals surface area contributed by atoms with Crippen molar-refractivity contribution in [2.45, 2.75) is 12.5 Å². The largest absolute Gasteiger partial charge is 0.469 e. The number of carbonyl (C=O) groups excluding carboxylic acids is 3. The Kier molecular flexibility index (Phi) is 7.08. The number of anilines is 1. The molecule has 2 amide bonds. The second-order valence-electron chi connectivity index (χ2n) is 5.51. The molecule has 2 N–H and O–H groups in total. The summed E-state index contributed by atoms with van der Waals surface area (Å²) in [6.45, 7) is 0. The number of esters is 1. The van der Waals surface area contributed by atoms with Crippen molar-refractivity contribution in [1.29, 1.82) is 5.26 Å². The maximum atomic E-state index is 12.3. The number of methoxy groups -OCH3 is 1. The Hall–Kier alpha value is -3.18. The van der Waals surface area contributed by atoms with E-state index in [1.54, 1.807) is 42.5 Å². The van der Waals surface area contributed by atoms with E-state index in [1.807, 2.05) is 6.07 Å². The molecular weight excluding hydrogens is 414 g/mol. The third-order valence-corrected chi connectivity index (χ3v) is 4.10. The van der Waals surface area contributed by atoms with Crippen LogP contribution in [-0.2, 0) is 19.1 Å². The zero-order valence-corrected chi connectivity index (χ0v) is 15.9. The van der Waals surface area contributed by atoms with E-state index < -0.39 is 23.8 Å². The third kappa shape index (κ3) is 5.94. The number of carbonyl (C=O) groups is 3. The molecule has 1 atom stereocenters. The second kappa shape index (κ2) is 9.50. The van der Waals surface area contributed by atoms with Gasteiger partial charge in [0.15, 0.2) is 0 Å². The number of hydrogen-bond donors (Lipinski definition) is 2.